The maximum absolute atomic E-state index is 13.3. The molecule has 0 unspecified atom stereocenters. The number of amides is 1. The van der Waals surface area contributed by atoms with E-state index in [1.165, 1.54) is 0 Å². The van der Waals surface area contributed by atoms with Gasteiger partial charge in [0.1, 0.15) is 5.69 Å². The van der Waals surface area contributed by atoms with Crippen molar-refractivity contribution in [3.05, 3.63) is 119 Å². The van der Waals surface area contributed by atoms with Crippen LogP contribution >= 0.6 is 11.6 Å². The number of nitrogens with one attached hydrogen (secondary N) is 2. The average Bonchev–Trinajstić information content (AvgIpc) is 3.61. The molecule has 0 fully saturated rings. The van der Waals surface area contributed by atoms with E-state index < -0.39 is 5.91 Å². The smallest absolute Gasteiger partial charge is 0.256 e. The molecule has 9 heteroatoms. The number of rotatable bonds is 6. The van der Waals surface area contributed by atoms with E-state index in [9.17, 15) is 9.59 Å². The quantitative estimate of drug-likeness (QED) is 0.245. The summed E-state index contributed by atoms with van der Waals surface area (Å²) in [5.41, 5.74) is 4.60. The van der Waals surface area contributed by atoms with Gasteiger partial charge in [-0.05, 0) is 54.6 Å². The van der Waals surface area contributed by atoms with E-state index in [1.807, 2.05) is 12.1 Å². The highest BCUT2D eigenvalue weighted by molar-refractivity contribution is 6.30. The van der Waals surface area contributed by atoms with Crippen molar-refractivity contribution < 1.29 is 14.0 Å². The molecule has 6 rings (SSSR count). The number of benzene rings is 3. The monoisotopic (exact) mass is 519 g/mol. The fourth-order valence-electron chi connectivity index (χ4n) is 4.14. The molecule has 184 valence electrons. The highest BCUT2D eigenvalue weighted by Crippen LogP contribution is 2.32. The number of carbonyl (C=O) groups excluding carboxylic acids is 2. The molecule has 1 amide bonds. The number of fused-ring (bicyclic) bond motifs is 1. The Balaban J connectivity index is 1.28. The van der Waals surface area contributed by atoms with Crippen molar-refractivity contribution in [2.75, 3.05) is 5.32 Å². The lowest BCUT2D eigenvalue weighted by atomic mass is 9.98. The van der Waals surface area contributed by atoms with Crippen LogP contribution in [-0.2, 0) is 0 Å². The minimum absolute atomic E-state index is 0.261. The van der Waals surface area contributed by atoms with Gasteiger partial charge in [0.25, 0.3) is 5.91 Å². The molecule has 0 aliphatic rings. The van der Waals surface area contributed by atoms with E-state index in [-0.39, 0.29) is 11.3 Å². The predicted molar refractivity (Wildman–Crippen MR) is 144 cm³/mol. The Morgan fingerprint density at radius 2 is 1.71 bits per heavy atom. The molecule has 0 aliphatic carbocycles. The number of pyridine rings is 1. The van der Waals surface area contributed by atoms with Crippen molar-refractivity contribution in [3.63, 3.8) is 0 Å². The second-order valence-electron chi connectivity index (χ2n) is 8.41. The maximum Gasteiger partial charge on any atom is 0.256 e. The van der Waals surface area contributed by atoms with Crippen molar-refractivity contribution >= 4 is 40.2 Å². The van der Waals surface area contributed by atoms with Gasteiger partial charge in [-0.2, -0.15) is 10.1 Å². The lowest BCUT2D eigenvalue weighted by Gasteiger charge is -2.11. The molecule has 2 N–H and O–H groups in total. The number of carbonyl (C=O) groups is 2. The third-order valence-electron chi connectivity index (χ3n) is 5.95. The standard InChI is InChI=1S/C29H18ClN5O3/c30-19-12-10-17(11-13-19)26(36)21-7-1-2-8-22(21)28(37)33-20-6-3-5-18(15-20)25-23(16-32-35-25)29-34-27-24(38-29)9-4-14-31-27/h1-16H,(H,32,35)(H,33,37). The third-order valence-corrected chi connectivity index (χ3v) is 6.20. The summed E-state index contributed by atoms with van der Waals surface area (Å²) in [5, 5.41) is 10.7. The number of ketones is 1. The second kappa shape index (κ2) is 9.76. The lowest BCUT2D eigenvalue weighted by molar-refractivity contribution is 0.0996. The predicted octanol–water partition coefficient (Wildman–Crippen LogP) is 6.42. The van der Waals surface area contributed by atoms with Gasteiger partial charge in [-0.1, -0.05) is 41.9 Å². The summed E-state index contributed by atoms with van der Waals surface area (Å²) in [6.45, 7) is 0. The van der Waals surface area contributed by atoms with Crippen molar-refractivity contribution in [3.8, 4) is 22.7 Å². The molecule has 8 nitrogen and oxygen atoms in total. The number of aromatic nitrogens is 4. The summed E-state index contributed by atoms with van der Waals surface area (Å²) in [7, 11) is 0. The van der Waals surface area contributed by atoms with E-state index in [2.05, 4.69) is 25.5 Å². The SMILES string of the molecule is O=C(Nc1cccc(-c2n[nH]cc2-c2nc3ncccc3o2)c1)c1ccccc1C(=O)c1ccc(Cl)cc1. The Labute approximate surface area is 221 Å². The van der Waals surface area contributed by atoms with Gasteiger partial charge in [-0.15, -0.1) is 0 Å². The van der Waals surface area contributed by atoms with Crippen molar-refractivity contribution in [2.45, 2.75) is 0 Å². The Hall–Kier alpha value is -5.08. The molecule has 0 radical (unpaired) electrons. The van der Waals surface area contributed by atoms with Crippen molar-refractivity contribution in [1.29, 1.82) is 0 Å². The van der Waals surface area contributed by atoms with Crippen LogP contribution in [0.4, 0.5) is 5.69 Å². The van der Waals surface area contributed by atoms with Crippen LogP contribution in [0.2, 0.25) is 5.02 Å². The van der Waals surface area contributed by atoms with Gasteiger partial charge in [0, 0.05) is 39.8 Å². The third kappa shape index (κ3) is 4.44. The summed E-state index contributed by atoms with van der Waals surface area (Å²) in [4.78, 5) is 35.1. The van der Waals surface area contributed by atoms with E-state index in [0.29, 0.717) is 50.2 Å². The first-order valence-electron chi connectivity index (χ1n) is 11.6. The van der Waals surface area contributed by atoms with Gasteiger partial charge in [0.2, 0.25) is 5.89 Å². The topological polar surface area (TPSA) is 114 Å². The summed E-state index contributed by atoms with van der Waals surface area (Å²) in [6.07, 6.45) is 3.35. The van der Waals surface area contributed by atoms with Gasteiger partial charge >= 0.3 is 0 Å². The molecule has 0 atom stereocenters. The first kappa shape index (κ1) is 23.3. The summed E-state index contributed by atoms with van der Waals surface area (Å²) >= 11 is 5.95. The molecule has 0 saturated heterocycles. The number of anilines is 1. The van der Waals surface area contributed by atoms with Gasteiger partial charge in [-0.3, -0.25) is 14.7 Å². The van der Waals surface area contributed by atoms with E-state index in [1.54, 1.807) is 85.2 Å². The fraction of sp³-hybridized carbons (Fsp3) is 0. The number of hydrogen-bond acceptors (Lipinski definition) is 6. The number of H-pyrrole nitrogens is 1. The van der Waals surface area contributed by atoms with Gasteiger partial charge in [0.15, 0.2) is 17.0 Å². The minimum atomic E-state index is -0.410. The summed E-state index contributed by atoms with van der Waals surface area (Å²) in [5.74, 6) is -0.297. The number of nitrogens with zero attached hydrogens (tertiary/aromatic N) is 3. The molecule has 3 aromatic carbocycles. The molecule has 3 aromatic heterocycles. The van der Waals surface area contributed by atoms with Crippen LogP contribution in [0.15, 0.2) is 102 Å². The van der Waals surface area contributed by atoms with Crippen LogP contribution in [0.3, 0.4) is 0 Å². The molecule has 0 spiro atoms. The van der Waals surface area contributed by atoms with Crippen LogP contribution in [0.25, 0.3) is 33.9 Å². The fourth-order valence-corrected chi connectivity index (χ4v) is 4.26. The lowest BCUT2D eigenvalue weighted by Crippen LogP contribution is -2.17. The zero-order valence-electron chi connectivity index (χ0n) is 19.7. The minimum Gasteiger partial charge on any atom is -0.434 e. The molecular weight excluding hydrogens is 502 g/mol. The largest absolute Gasteiger partial charge is 0.434 e. The number of aromatic amines is 1. The van der Waals surface area contributed by atoms with Gasteiger partial charge < -0.3 is 9.73 Å². The van der Waals surface area contributed by atoms with Crippen LogP contribution in [0.1, 0.15) is 26.3 Å². The maximum atomic E-state index is 13.3. The number of hydrogen-bond donors (Lipinski definition) is 2. The Bertz CT molecular complexity index is 1770. The molecule has 6 aromatic rings. The molecule has 0 saturated carbocycles. The van der Waals surface area contributed by atoms with Crippen LogP contribution < -0.4 is 5.32 Å². The van der Waals surface area contributed by atoms with E-state index in [0.717, 1.165) is 5.56 Å². The van der Waals surface area contributed by atoms with Gasteiger partial charge in [-0.25, -0.2) is 4.98 Å². The van der Waals surface area contributed by atoms with Crippen LogP contribution in [0, 0.1) is 0 Å². The molecule has 0 aliphatic heterocycles. The molecular formula is C29H18ClN5O3. The van der Waals surface area contributed by atoms with Gasteiger partial charge in [0.05, 0.1) is 11.1 Å². The zero-order valence-corrected chi connectivity index (χ0v) is 20.4. The molecule has 38 heavy (non-hydrogen) atoms. The first-order valence-corrected chi connectivity index (χ1v) is 12.0. The number of oxazole rings is 1. The first-order chi connectivity index (χ1) is 18.6. The van der Waals surface area contributed by atoms with Crippen LogP contribution in [0.5, 0.6) is 0 Å². The van der Waals surface area contributed by atoms with E-state index >= 15 is 0 Å². The zero-order chi connectivity index (χ0) is 26.1. The molecule has 0 bridgehead atoms. The average molecular weight is 520 g/mol. The summed E-state index contributed by atoms with van der Waals surface area (Å²) < 4.78 is 5.86. The Morgan fingerprint density at radius 1 is 0.895 bits per heavy atom. The normalized spacial score (nSPS) is 11.0. The second-order valence-corrected chi connectivity index (χ2v) is 8.84. The highest BCUT2D eigenvalue weighted by Gasteiger charge is 2.20. The number of halogens is 1. The highest BCUT2D eigenvalue weighted by atomic mass is 35.5. The Morgan fingerprint density at radius 3 is 2.53 bits per heavy atom. The van der Waals surface area contributed by atoms with Crippen molar-refractivity contribution in [1.82, 2.24) is 20.2 Å². The summed E-state index contributed by atoms with van der Waals surface area (Å²) in [6, 6.07) is 24.1. The molecule has 3 heterocycles. The van der Waals surface area contributed by atoms with E-state index in [4.69, 9.17) is 16.0 Å². The van der Waals surface area contributed by atoms with Crippen LogP contribution in [-0.4, -0.2) is 31.9 Å². The van der Waals surface area contributed by atoms with Crippen molar-refractivity contribution in [2.24, 2.45) is 0 Å². The Kier molecular flexibility index (Phi) is 5.99.